The number of nitrogens with zero attached hydrogens (tertiary/aromatic N) is 2. The SMILES string of the molecule is CN(C)Cc1cccc(CN(C)C)c1B(OP(=O)(c1ccccc1)c1ccccc1)OP(=O)(c1ccccc1)c1ccccc1. The van der Waals surface area contributed by atoms with Crippen molar-refractivity contribution in [1.29, 1.82) is 0 Å². The van der Waals surface area contributed by atoms with E-state index < -0.39 is 21.9 Å². The Morgan fingerprint density at radius 1 is 0.467 bits per heavy atom. The summed E-state index contributed by atoms with van der Waals surface area (Å²) in [6.45, 7) is 1.14. The lowest BCUT2D eigenvalue weighted by Crippen LogP contribution is -2.45. The van der Waals surface area contributed by atoms with Crippen molar-refractivity contribution in [1.82, 2.24) is 9.80 Å². The Bertz CT molecular complexity index is 1560. The topological polar surface area (TPSA) is 59.1 Å². The molecule has 0 radical (unpaired) electrons. The molecule has 0 bridgehead atoms. The molecule has 0 saturated carbocycles. The maximum Gasteiger partial charge on any atom is 0.506 e. The Kier molecular flexibility index (Phi) is 10.7. The molecule has 5 aromatic rings. The fraction of sp³-hybridized carbons (Fsp3) is 0.167. The van der Waals surface area contributed by atoms with E-state index in [1.807, 2.05) is 168 Å². The van der Waals surface area contributed by atoms with E-state index in [4.69, 9.17) is 8.88 Å². The first-order valence-electron chi connectivity index (χ1n) is 14.9. The van der Waals surface area contributed by atoms with Crippen LogP contribution < -0.4 is 26.7 Å². The van der Waals surface area contributed by atoms with Crippen molar-refractivity contribution in [3.8, 4) is 0 Å². The molecule has 9 heteroatoms. The molecule has 0 aliphatic rings. The van der Waals surface area contributed by atoms with Gasteiger partial charge in [0.05, 0.1) is 0 Å². The molecule has 45 heavy (non-hydrogen) atoms. The molecule has 0 aliphatic heterocycles. The Hall–Kier alpha value is -3.54. The van der Waals surface area contributed by atoms with Gasteiger partial charge in [0.1, 0.15) is 0 Å². The van der Waals surface area contributed by atoms with Crippen molar-refractivity contribution in [2.24, 2.45) is 0 Å². The zero-order valence-electron chi connectivity index (χ0n) is 26.2. The zero-order chi connectivity index (χ0) is 31.9. The molecule has 0 unspecified atom stereocenters. The Balaban J connectivity index is 1.78. The second-order valence-corrected chi connectivity index (χ2v) is 16.1. The first-order valence-corrected chi connectivity index (χ1v) is 18.1. The average molecular weight is 636 g/mol. The van der Waals surface area contributed by atoms with Crippen molar-refractivity contribution in [2.45, 2.75) is 13.1 Å². The average Bonchev–Trinajstić information content (AvgIpc) is 3.05. The predicted octanol–water partition coefficient (Wildman–Crippen LogP) is 5.40. The van der Waals surface area contributed by atoms with Crippen LogP contribution in [0.5, 0.6) is 0 Å². The third kappa shape index (κ3) is 7.65. The van der Waals surface area contributed by atoms with E-state index in [-0.39, 0.29) is 0 Å². The van der Waals surface area contributed by atoms with Gasteiger partial charge >= 0.3 is 7.12 Å². The van der Waals surface area contributed by atoms with Crippen LogP contribution in [0.25, 0.3) is 0 Å². The summed E-state index contributed by atoms with van der Waals surface area (Å²) in [5, 5.41) is 2.10. The highest BCUT2D eigenvalue weighted by atomic mass is 31.2. The number of hydrogen-bond donors (Lipinski definition) is 0. The van der Waals surface area contributed by atoms with Crippen molar-refractivity contribution in [2.75, 3.05) is 28.2 Å². The summed E-state index contributed by atoms with van der Waals surface area (Å²) in [6.07, 6.45) is 0. The number of hydrogen-bond acceptors (Lipinski definition) is 6. The van der Waals surface area contributed by atoms with Gasteiger partial charge in [-0.3, -0.25) is 9.13 Å². The summed E-state index contributed by atoms with van der Waals surface area (Å²) in [4.78, 5) is 4.13. The molecule has 0 N–H and O–H groups in total. The first kappa shape index (κ1) is 32.8. The second-order valence-electron chi connectivity index (χ2n) is 11.5. The Labute approximate surface area is 267 Å². The molecular formula is C36H39BN2O4P2. The lowest BCUT2D eigenvalue weighted by molar-refractivity contribution is 0.394. The Morgan fingerprint density at radius 3 is 1.02 bits per heavy atom. The minimum Gasteiger partial charge on any atom is -0.349 e. The minimum atomic E-state index is -3.80. The Morgan fingerprint density at radius 2 is 0.756 bits per heavy atom. The van der Waals surface area contributed by atoms with Crippen LogP contribution in [0.1, 0.15) is 11.1 Å². The molecular weight excluding hydrogens is 597 g/mol. The van der Waals surface area contributed by atoms with Gasteiger partial charge in [-0.2, -0.15) is 0 Å². The van der Waals surface area contributed by atoms with E-state index in [0.29, 0.717) is 34.3 Å². The summed E-state index contributed by atoms with van der Waals surface area (Å²) in [5.74, 6) is 0. The predicted molar refractivity (Wildman–Crippen MR) is 188 cm³/mol. The number of benzene rings is 5. The summed E-state index contributed by atoms with van der Waals surface area (Å²) in [7, 11) is -0.861. The van der Waals surface area contributed by atoms with Gasteiger partial charge in [0.25, 0.3) is 0 Å². The highest BCUT2D eigenvalue weighted by Gasteiger charge is 2.44. The molecule has 0 saturated heterocycles. The normalized spacial score (nSPS) is 12.0. The van der Waals surface area contributed by atoms with Gasteiger partial charge in [0.15, 0.2) is 0 Å². The van der Waals surface area contributed by atoms with Crippen LogP contribution in [0.3, 0.4) is 0 Å². The lowest BCUT2D eigenvalue weighted by Gasteiger charge is -2.30. The molecule has 5 aromatic carbocycles. The molecule has 6 nitrogen and oxygen atoms in total. The fourth-order valence-corrected chi connectivity index (χ4v) is 9.60. The monoisotopic (exact) mass is 636 g/mol. The van der Waals surface area contributed by atoms with Gasteiger partial charge in [-0.05, 0) is 93.3 Å². The molecule has 0 atom stereocenters. The van der Waals surface area contributed by atoms with Crippen molar-refractivity contribution in [3.63, 3.8) is 0 Å². The molecule has 0 heterocycles. The zero-order valence-corrected chi connectivity index (χ0v) is 28.0. The summed E-state index contributed by atoms with van der Waals surface area (Å²) in [6, 6.07) is 42.9. The molecule has 0 amide bonds. The van der Waals surface area contributed by atoms with Crippen LogP contribution in [0, 0.1) is 0 Å². The molecule has 230 valence electrons. The standard InChI is InChI=1S/C36H39BN2O4P2/c1-38(2)28-30-18-17-19-31(29-39(3)4)36(30)37(42-44(40,32-20-9-5-10-21-32)33-22-11-6-12-23-33)43-45(41,34-24-13-7-14-25-34)35-26-15-8-16-27-35/h5-27H,28-29H2,1-4H3. The van der Waals surface area contributed by atoms with Gasteiger partial charge in [0.2, 0.25) is 14.7 Å². The molecule has 0 spiro atoms. The summed E-state index contributed by atoms with van der Waals surface area (Å²) < 4.78 is 44.6. The van der Waals surface area contributed by atoms with Gasteiger partial charge in [0, 0.05) is 34.3 Å². The van der Waals surface area contributed by atoms with E-state index in [0.717, 1.165) is 16.6 Å². The maximum absolute atomic E-state index is 15.4. The third-order valence-corrected chi connectivity index (χ3v) is 12.3. The van der Waals surface area contributed by atoms with Crippen molar-refractivity contribution >= 4 is 48.5 Å². The maximum atomic E-state index is 15.4. The lowest BCUT2D eigenvalue weighted by atomic mass is 9.73. The summed E-state index contributed by atoms with van der Waals surface area (Å²) >= 11 is 0. The number of rotatable bonds is 13. The van der Waals surface area contributed by atoms with E-state index >= 15 is 9.13 Å². The quantitative estimate of drug-likeness (QED) is 0.128. The van der Waals surface area contributed by atoms with Crippen LogP contribution in [0.4, 0.5) is 0 Å². The van der Waals surface area contributed by atoms with E-state index in [1.165, 1.54) is 0 Å². The van der Waals surface area contributed by atoms with Crippen LogP contribution >= 0.6 is 14.7 Å². The van der Waals surface area contributed by atoms with Crippen LogP contribution in [-0.2, 0) is 31.1 Å². The minimum absolute atomic E-state index is 0.526. The van der Waals surface area contributed by atoms with E-state index in [9.17, 15) is 0 Å². The molecule has 0 fully saturated rings. The molecule has 0 aliphatic carbocycles. The first-order chi connectivity index (χ1) is 21.7. The van der Waals surface area contributed by atoms with Gasteiger partial charge in [-0.1, -0.05) is 91.0 Å². The van der Waals surface area contributed by atoms with Crippen LogP contribution in [0.2, 0.25) is 0 Å². The smallest absolute Gasteiger partial charge is 0.349 e. The molecule has 5 rings (SSSR count). The van der Waals surface area contributed by atoms with Gasteiger partial charge < -0.3 is 18.7 Å². The van der Waals surface area contributed by atoms with E-state index in [1.54, 1.807) is 0 Å². The molecule has 0 aromatic heterocycles. The largest absolute Gasteiger partial charge is 0.506 e. The van der Waals surface area contributed by atoms with Crippen LogP contribution in [-0.4, -0.2) is 45.1 Å². The van der Waals surface area contributed by atoms with Gasteiger partial charge in [-0.15, -0.1) is 0 Å². The van der Waals surface area contributed by atoms with Gasteiger partial charge in [-0.25, -0.2) is 0 Å². The van der Waals surface area contributed by atoms with E-state index in [2.05, 4.69) is 9.80 Å². The van der Waals surface area contributed by atoms with Crippen LogP contribution in [0.15, 0.2) is 140 Å². The summed E-state index contributed by atoms with van der Waals surface area (Å²) in [5.41, 5.74) is 2.59. The highest BCUT2D eigenvalue weighted by molar-refractivity contribution is 7.77. The third-order valence-electron chi connectivity index (χ3n) is 7.37. The highest BCUT2D eigenvalue weighted by Crippen LogP contribution is 2.50. The second kappa shape index (κ2) is 14.7. The van der Waals surface area contributed by atoms with Crippen molar-refractivity contribution in [3.05, 3.63) is 151 Å². The van der Waals surface area contributed by atoms with Crippen molar-refractivity contribution < 1.29 is 18.0 Å². The fourth-order valence-electron chi connectivity index (χ4n) is 5.36.